The Kier molecular flexibility index (Phi) is 6.30. The van der Waals surface area contributed by atoms with Crippen LogP contribution in [0.2, 0.25) is 0 Å². The molecule has 2 rings (SSSR count). The number of rotatable bonds is 7. The van der Waals surface area contributed by atoms with Crippen LogP contribution < -0.4 is 10.2 Å². The number of anilines is 1. The highest BCUT2D eigenvalue weighted by Gasteiger charge is 2.10. The number of aliphatic hydroxyl groups excluding tert-OH is 1. The van der Waals surface area contributed by atoms with Gasteiger partial charge in [-0.1, -0.05) is 25.5 Å². The summed E-state index contributed by atoms with van der Waals surface area (Å²) in [6, 6.07) is 8.66. The number of aliphatic hydroxyl groups is 1. The van der Waals surface area contributed by atoms with Crippen molar-refractivity contribution in [3.05, 3.63) is 29.8 Å². The summed E-state index contributed by atoms with van der Waals surface area (Å²) in [6.07, 6.45) is 1.66. The predicted octanol–water partition coefficient (Wildman–Crippen LogP) is 1.77. The van der Waals surface area contributed by atoms with Crippen LogP contribution >= 0.6 is 0 Å². The number of hydrogen-bond acceptors (Lipinski definition) is 4. The number of hydrogen-bond donors (Lipinski definition) is 2. The first-order chi connectivity index (χ1) is 9.79. The van der Waals surface area contributed by atoms with E-state index in [0.29, 0.717) is 6.54 Å². The standard InChI is InChI=1S/C16H26N2O2/c1-2-3-16(19)13-17-12-14-4-6-15(7-5-14)18-8-10-20-11-9-18/h4-7,16-17,19H,2-3,8-13H2,1H3. The third kappa shape index (κ3) is 4.78. The Morgan fingerprint density at radius 1 is 1.25 bits per heavy atom. The molecular formula is C16H26N2O2. The summed E-state index contributed by atoms with van der Waals surface area (Å²) in [5.74, 6) is 0. The molecule has 4 nitrogen and oxygen atoms in total. The second-order valence-electron chi connectivity index (χ2n) is 5.34. The number of nitrogens with zero attached hydrogens (tertiary/aromatic N) is 1. The molecule has 0 spiro atoms. The molecule has 1 atom stereocenters. The molecule has 112 valence electrons. The van der Waals surface area contributed by atoms with E-state index in [0.717, 1.165) is 45.7 Å². The second kappa shape index (κ2) is 8.25. The number of benzene rings is 1. The van der Waals surface area contributed by atoms with E-state index in [1.807, 2.05) is 0 Å². The summed E-state index contributed by atoms with van der Waals surface area (Å²) < 4.78 is 5.36. The van der Waals surface area contributed by atoms with Crippen molar-refractivity contribution in [3.63, 3.8) is 0 Å². The van der Waals surface area contributed by atoms with Crippen LogP contribution in [-0.2, 0) is 11.3 Å². The van der Waals surface area contributed by atoms with E-state index < -0.39 is 0 Å². The van der Waals surface area contributed by atoms with Crippen LogP contribution in [0, 0.1) is 0 Å². The second-order valence-corrected chi connectivity index (χ2v) is 5.34. The molecule has 20 heavy (non-hydrogen) atoms. The molecule has 1 saturated heterocycles. The Morgan fingerprint density at radius 2 is 1.95 bits per heavy atom. The zero-order valence-corrected chi connectivity index (χ0v) is 12.3. The molecule has 1 aromatic rings. The predicted molar refractivity (Wildman–Crippen MR) is 82.1 cm³/mol. The fourth-order valence-electron chi connectivity index (χ4n) is 2.46. The molecule has 0 bridgehead atoms. The third-order valence-electron chi connectivity index (χ3n) is 3.64. The van der Waals surface area contributed by atoms with Gasteiger partial charge in [-0.25, -0.2) is 0 Å². The van der Waals surface area contributed by atoms with Gasteiger partial charge in [-0.3, -0.25) is 0 Å². The van der Waals surface area contributed by atoms with Crippen molar-refractivity contribution in [3.8, 4) is 0 Å². The highest BCUT2D eigenvalue weighted by molar-refractivity contribution is 5.47. The quantitative estimate of drug-likeness (QED) is 0.798. The third-order valence-corrected chi connectivity index (χ3v) is 3.64. The van der Waals surface area contributed by atoms with Crippen molar-refractivity contribution in [1.82, 2.24) is 5.32 Å². The van der Waals surface area contributed by atoms with Crippen LogP contribution in [0.1, 0.15) is 25.3 Å². The van der Waals surface area contributed by atoms with Crippen molar-refractivity contribution >= 4 is 5.69 Å². The number of morpholine rings is 1. The van der Waals surface area contributed by atoms with Gasteiger partial charge in [0.15, 0.2) is 0 Å². The molecule has 1 aliphatic heterocycles. The van der Waals surface area contributed by atoms with Gasteiger partial charge in [0.2, 0.25) is 0 Å². The average Bonchev–Trinajstić information content (AvgIpc) is 2.49. The highest BCUT2D eigenvalue weighted by atomic mass is 16.5. The molecule has 2 N–H and O–H groups in total. The fourth-order valence-corrected chi connectivity index (χ4v) is 2.46. The molecule has 0 amide bonds. The van der Waals surface area contributed by atoms with E-state index in [-0.39, 0.29) is 6.10 Å². The van der Waals surface area contributed by atoms with Gasteiger partial charge in [0.1, 0.15) is 0 Å². The molecule has 0 saturated carbocycles. The summed E-state index contributed by atoms with van der Waals surface area (Å²) in [7, 11) is 0. The minimum atomic E-state index is -0.229. The van der Waals surface area contributed by atoms with E-state index in [1.165, 1.54) is 11.3 Å². The first-order valence-corrected chi connectivity index (χ1v) is 7.60. The summed E-state index contributed by atoms with van der Waals surface area (Å²) >= 11 is 0. The van der Waals surface area contributed by atoms with E-state index in [9.17, 15) is 5.11 Å². The van der Waals surface area contributed by atoms with Crippen molar-refractivity contribution in [1.29, 1.82) is 0 Å². The summed E-state index contributed by atoms with van der Waals surface area (Å²) in [6.45, 7) is 7.15. The lowest BCUT2D eigenvalue weighted by atomic mass is 10.1. The van der Waals surface area contributed by atoms with Gasteiger partial charge in [-0.15, -0.1) is 0 Å². The largest absolute Gasteiger partial charge is 0.392 e. The maximum absolute atomic E-state index is 9.66. The topological polar surface area (TPSA) is 44.7 Å². The minimum absolute atomic E-state index is 0.229. The van der Waals surface area contributed by atoms with Crippen molar-refractivity contribution < 1.29 is 9.84 Å². The molecule has 0 radical (unpaired) electrons. The monoisotopic (exact) mass is 278 g/mol. The van der Waals surface area contributed by atoms with E-state index in [1.54, 1.807) is 0 Å². The Hall–Kier alpha value is -1.10. The summed E-state index contributed by atoms with van der Waals surface area (Å²) in [5.41, 5.74) is 2.52. The molecular weight excluding hydrogens is 252 g/mol. The molecule has 0 aliphatic carbocycles. The van der Waals surface area contributed by atoms with Gasteiger partial charge in [0, 0.05) is 31.9 Å². The summed E-state index contributed by atoms with van der Waals surface area (Å²) in [4.78, 5) is 2.35. The van der Waals surface area contributed by atoms with Crippen LogP contribution in [-0.4, -0.2) is 44.1 Å². The molecule has 0 aromatic heterocycles. The average molecular weight is 278 g/mol. The fraction of sp³-hybridized carbons (Fsp3) is 0.625. The molecule has 1 aromatic carbocycles. The molecule has 1 aliphatic rings. The number of nitrogens with one attached hydrogen (secondary N) is 1. The normalized spacial score (nSPS) is 17.2. The van der Waals surface area contributed by atoms with E-state index in [2.05, 4.69) is 41.4 Å². The maximum Gasteiger partial charge on any atom is 0.0664 e. The molecule has 1 unspecified atom stereocenters. The zero-order valence-electron chi connectivity index (χ0n) is 12.3. The number of ether oxygens (including phenoxy) is 1. The lowest BCUT2D eigenvalue weighted by Gasteiger charge is -2.28. The van der Waals surface area contributed by atoms with E-state index in [4.69, 9.17) is 4.74 Å². The molecule has 1 heterocycles. The first kappa shape index (κ1) is 15.3. The van der Waals surface area contributed by atoms with Crippen LogP contribution in [0.25, 0.3) is 0 Å². The Balaban J connectivity index is 1.76. The minimum Gasteiger partial charge on any atom is -0.392 e. The van der Waals surface area contributed by atoms with Crippen molar-refractivity contribution in [2.45, 2.75) is 32.4 Å². The smallest absolute Gasteiger partial charge is 0.0664 e. The van der Waals surface area contributed by atoms with Gasteiger partial charge >= 0.3 is 0 Å². The van der Waals surface area contributed by atoms with Crippen molar-refractivity contribution in [2.75, 3.05) is 37.7 Å². The molecule has 4 heteroatoms. The van der Waals surface area contributed by atoms with Crippen LogP contribution in [0.5, 0.6) is 0 Å². The first-order valence-electron chi connectivity index (χ1n) is 7.60. The lowest BCUT2D eigenvalue weighted by molar-refractivity contribution is 0.122. The van der Waals surface area contributed by atoms with Crippen LogP contribution in [0.15, 0.2) is 24.3 Å². The zero-order chi connectivity index (χ0) is 14.2. The van der Waals surface area contributed by atoms with Crippen LogP contribution in [0.4, 0.5) is 5.69 Å². The van der Waals surface area contributed by atoms with Crippen LogP contribution in [0.3, 0.4) is 0 Å². The summed E-state index contributed by atoms with van der Waals surface area (Å²) in [5, 5.41) is 13.0. The van der Waals surface area contributed by atoms with Gasteiger partial charge in [-0.05, 0) is 24.1 Å². The lowest BCUT2D eigenvalue weighted by Crippen LogP contribution is -2.36. The van der Waals surface area contributed by atoms with Gasteiger partial charge in [0.25, 0.3) is 0 Å². The Bertz CT molecular complexity index is 375. The Labute approximate surface area is 121 Å². The van der Waals surface area contributed by atoms with Gasteiger partial charge < -0.3 is 20.1 Å². The van der Waals surface area contributed by atoms with E-state index >= 15 is 0 Å². The van der Waals surface area contributed by atoms with Crippen molar-refractivity contribution in [2.24, 2.45) is 0 Å². The van der Waals surface area contributed by atoms with Gasteiger partial charge in [-0.2, -0.15) is 0 Å². The van der Waals surface area contributed by atoms with Gasteiger partial charge in [0.05, 0.1) is 19.3 Å². The highest BCUT2D eigenvalue weighted by Crippen LogP contribution is 2.16. The molecule has 1 fully saturated rings. The Morgan fingerprint density at radius 3 is 2.60 bits per heavy atom. The SMILES string of the molecule is CCCC(O)CNCc1ccc(N2CCOCC2)cc1. The maximum atomic E-state index is 9.66.